The molecule has 3 rings (SSSR count). The Morgan fingerprint density at radius 2 is 1.93 bits per heavy atom. The molecule has 6 heteroatoms. The summed E-state index contributed by atoms with van der Waals surface area (Å²) in [5, 5.41) is 5.49. The molecule has 0 spiro atoms. The summed E-state index contributed by atoms with van der Waals surface area (Å²) >= 11 is 1.46. The minimum Gasteiger partial charge on any atom is -0.343 e. The fraction of sp³-hybridized carbons (Fsp3) is 0.333. The molecule has 1 saturated heterocycles. The normalized spacial score (nSPS) is 19.6. The molecule has 0 aromatic heterocycles. The number of hydrogen-bond acceptors (Lipinski definition) is 3. The molecule has 2 amide bonds. The lowest BCUT2D eigenvalue weighted by atomic mass is 10.0. The Morgan fingerprint density at radius 3 is 2.59 bits per heavy atom. The van der Waals surface area contributed by atoms with E-state index in [1.54, 1.807) is 12.1 Å². The number of thioether (sulfide) groups is 1. The van der Waals surface area contributed by atoms with Crippen molar-refractivity contribution in [3.63, 3.8) is 0 Å². The molecule has 1 aliphatic rings. The minimum atomic E-state index is -0.563. The Kier molecular flexibility index (Phi) is 6.16. The molecule has 2 aromatic rings. The number of anilines is 1. The Labute approximate surface area is 162 Å². The van der Waals surface area contributed by atoms with Gasteiger partial charge in [-0.25, -0.2) is 4.39 Å². The number of benzene rings is 2. The number of carbonyl (C=O) groups is 2. The van der Waals surface area contributed by atoms with Gasteiger partial charge in [-0.15, -0.1) is 11.8 Å². The predicted octanol–water partition coefficient (Wildman–Crippen LogP) is 3.73. The van der Waals surface area contributed by atoms with Gasteiger partial charge in [-0.05, 0) is 41.7 Å². The van der Waals surface area contributed by atoms with Crippen molar-refractivity contribution < 1.29 is 14.0 Å². The topological polar surface area (TPSA) is 58.2 Å². The van der Waals surface area contributed by atoms with Gasteiger partial charge in [0.05, 0.1) is 5.25 Å². The lowest BCUT2D eigenvalue weighted by Gasteiger charge is -2.28. The molecule has 2 atom stereocenters. The highest BCUT2D eigenvalue weighted by Crippen LogP contribution is 2.26. The van der Waals surface area contributed by atoms with Crippen LogP contribution in [0.4, 0.5) is 10.1 Å². The Hall–Kier alpha value is -2.34. The molecule has 0 bridgehead atoms. The van der Waals surface area contributed by atoms with Crippen molar-refractivity contribution >= 4 is 29.3 Å². The van der Waals surface area contributed by atoms with Gasteiger partial charge in [-0.3, -0.25) is 9.59 Å². The molecule has 1 fully saturated rings. The third kappa shape index (κ3) is 4.89. The summed E-state index contributed by atoms with van der Waals surface area (Å²) in [6, 6.07) is 13.3. The van der Waals surface area contributed by atoms with E-state index < -0.39 is 6.04 Å². The molecule has 0 saturated carbocycles. The van der Waals surface area contributed by atoms with E-state index in [9.17, 15) is 14.0 Å². The maximum Gasteiger partial charge on any atom is 0.247 e. The Bertz CT molecular complexity index is 823. The number of halogens is 1. The van der Waals surface area contributed by atoms with E-state index in [0.29, 0.717) is 12.2 Å². The lowest BCUT2D eigenvalue weighted by Crippen LogP contribution is -2.52. The molecule has 0 aliphatic carbocycles. The van der Waals surface area contributed by atoms with E-state index in [0.717, 1.165) is 16.8 Å². The van der Waals surface area contributed by atoms with Gasteiger partial charge in [0.15, 0.2) is 0 Å². The number of para-hydroxylation sites is 1. The van der Waals surface area contributed by atoms with Crippen molar-refractivity contribution in [2.75, 3.05) is 11.1 Å². The second kappa shape index (κ2) is 8.57. The smallest absolute Gasteiger partial charge is 0.247 e. The second-order valence-electron chi connectivity index (χ2n) is 6.94. The van der Waals surface area contributed by atoms with Crippen molar-refractivity contribution in [1.82, 2.24) is 5.32 Å². The zero-order chi connectivity index (χ0) is 19.4. The molecular formula is C21H23FN2O2S. The van der Waals surface area contributed by atoms with Crippen molar-refractivity contribution in [1.29, 1.82) is 0 Å². The number of carbonyl (C=O) groups excluding carboxylic acids is 2. The van der Waals surface area contributed by atoms with Crippen LogP contribution < -0.4 is 10.6 Å². The summed E-state index contributed by atoms with van der Waals surface area (Å²) in [6.07, 6.45) is 0.515. The van der Waals surface area contributed by atoms with Crippen molar-refractivity contribution in [2.24, 2.45) is 0 Å². The van der Waals surface area contributed by atoms with E-state index in [4.69, 9.17) is 0 Å². The van der Waals surface area contributed by atoms with Gasteiger partial charge in [-0.1, -0.05) is 44.2 Å². The SMILES string of the molecule is CC(C)c1ccccc1NC(=O)[C@H]1CS[C@@H](Cc2ccc(F)cc2)C(=O)N1. The molecule has 27 heavy (non-hydrogen) atoms. The fourth-order valence-corrected chi connectivity index (χ4v) is 4.25. The number of hydrogen-bond donors (Lipinski definition) is 2. The van der Waals surface area contributed by atoms with E-state index in [-0.39, 0.29) is 28.8 Å². The van der Waals surface area contributed by atoms with Crippen LogP contribution in [0, 0.1) is 5.82 Å². The van der Waals surface area contributed by atoms with Crippen molar-refractivity contribution in [2.45, 2.75) is 37.5 Å². The van der Waals surface area contributed by atoms with Crippen molar-refractivity contribution in [3.05, 3.63) is 65.5 Å². The van der Waals surface area contributed by atoms with E-state index >= 15 is 0 Å². The Balaban J connectivity index is 1.60. The largest absolute Gasteiger partial charge is 0.343 e. The molecule has 0 radical (unpaired) electrons. The van der Waals surface area contributed by atoms with Gasteiger partial charge in [0.2, 0.25) is 11.8 Å². The molecule has 2 aromatic carbocycles. The van der Waals surface area contributed by atoms with Gasteiger partial charge < -0.3 is 10.6 Å². The highest BCUT2D eigenvalue weighted by atomic mass is 32.2. The first kappa shape index (κ1) is 19.4. The summed E-state index contributed by atoms with van der Waals surface area (Å²) in [5.74, 6) is 0.139. The molecule has 1 aliphatic heterocycles. The van der Waals surface area contributed by atoms with Gasteiger partial charge in [0, 0.05) is 11.4 Å². The maximum absolute atomic E-state index is 13.0. The zero-order valence-electron chi connectivity index (χ0n) is 15.4. The van der Waals surface area contributed by atoms with Crippen LogP contribution in [0.1, 0.15) is 30.9 Å². The fourth-order valence-electron chi connectivity index (χ4n) is 3.06. The quantitative estimate of drug-likeness (QED) is 0.823. The third-order valence-corrected chi connectivity index (χ3v) is 5.87. The highest BCUT2D eigenvalue weighted by Gasteiger charge is 2.32. The highest BCUT2D eigenvalue weighted by molar-refractivity contribution is 8.00. The second-order valence-corrected chi connectivity index (χ2v) is 8.18. The zero-order valence-corrected chi connectivity index (χ0v) is 16.2. The first-order valence-electron chi connectivity index (χ1n) is 9.00. The van der Waals surface area contributed by atoms with Crippen LogP contribution in [-0.4, -0.2) is 28.9 Å². The number of rotatable bonds is 5. The first-order valence-corrected chi connectivity index (χ1v) is 10.0. The predicted molar refractivity (Wildman–Crippen MR) is 107 cm³/mol. The van der Waals surface area contributed by atoms with Crippen LogP contribution in [0.2, 0.25) is 0 Å². The molecule has 2 N–H and O–H groups in total. The average Bonchev–Trinajstić information content (AvgIpc) is 2.65. The standard InChI is InChI=1S/C21H23FN2O2S/c1-13(2)16-5-3-4-6-17(16)23-20(25)18-12-27-19(21(26)24-18)11-14-7-9-15(22)10-8-14/h3-10,13,18-19H,11-12H2,1-2H3,(H,23,25)(H,24,26)/t18-,19+/m1/s1. The maximum atomic E-state index is 13.0. The van der Waals surface area contributed by atoms with E-state index in [2.05, 4.69) is 24.5 Å². The summed E-state index contributed by atoms with van der Waals surface area (Å²) in [7, 11) is 0. The van der Waals surface area contributed by atoms with Gasteiger partial charge in [0.25, 0.3) is 0 Å². The summed E-state index contributed by atoms with van der Waals surface area (Å²) in [6.45, 7) is 4.15. The minimum absolute atomic E-state index is 0.159. The Morgan fingerprint density at radius 1 is 1.22 bits per heavy atom. The average molecular weight is 386 g/mol. The summed E-state index contributed by atoms with van der Waals surface area (Å²) in [4.78, 5) is 25.0. The van der Waals surface area contributed by atoms with Crippen LogP contribution in [0.15, 0.2) is 48.5 Å². The molecular weight excluding hydrogens is 363 g/mol. The van der Waals surface area contributed by atoms with Gasteiger partial charge in [0.1, 0.15) is 11.9 Å². The van der Waals surface area contributed by atoms with E-state index in [1.807, 2.05) is 24.3 Å². The van der Waals surface area contributed by atoms with Crippen LogP contribution in [0.5, 0.6) is 0 Å². The van der Waals surface area contributed by atoms with Gasteiger partial charge >= 0.3 is 0 Å². The molecule has 1 heterocycles. The number of amides is 2. The van der Waals surface area contributed by atoms with Crippen LogP contribution >= 0.6 is 11.8 Å². The van der Waals surface area contributed by atoms with Crippen LogP contribution in [0.3, 0.4) is 0 Å². The molecule has 4 nitrogen and oxygen atoms in total. The van der Waals surface area contributed by atoms with Crippen LogP contribution in [-0.2, 0) is 16.0 Å². The first-order chi connectivity index (χ1) is 12.9. The number of nitrogens with one attached hydrogen (secondary N) is 2. The van der Waals surface area contributed by atoms with E-state index in [1.165, 1.54) is 23.9 Å². The third-order valence-electron chi connectivity index (χ3n) is 4.56. The van der Waals surface area contributed by atoms with Crippen molar-refractivity contribution in [3.8, 4) is 0 Å². The lowest BCUT2D eigenvalue weighted by molar-refractivity contribution is -0.126. The molecule has 142 valence electrons. The van der Waals surface area contributed by atoms with Gasteiger partial charge in [-0.2, -0.15) is 0 Å². The summed E-state index contributed by atoms with van der Waals surface area (Å²) in [5.41, 5.74) is 2.75. The monoisotopic (exact) mass is 386 g/mol. The van der Waals surface area contributed by atoms with Crippen LogP contribution in [0.25, 0.3) is 0 Å². The molecule has 0 unspecified atom stereocenters. The summed E-state index contributed by atoms with van der Waals surface area (Å²) < 4.78 is 13.0.